The van der Waals surface area contributed by atoms with Crippen LogP contribution >= 0.6 is 11.3 Å². The number of nitrogens with two attached hydrogens (primary N) is 1. The highest BCUT2D eigenvalue weighted by molar-refractivity contribution is 7.13. The van der Waals surface area contributed by atoms with E-state index in [1.54, 1.807) is 18.7 Å². The van der Waals surface area contributed by atoms with Gasteiger partial charge in [-0.2, -0.15) is 5.10 Å². The van der Waals surface area contributed by atoms with Crippen molar-refractivity contribution < 1.29 is 19.4 Å². The van der Waals surface area contributed by atoms with Crippen LogP contribution in [0.5, 0.6) is 5.75 Å². The van der Waals surface area contributed by atoms with E-state index >= 15 is 0 Å². The number of carboxylic acid groups (broad SMARTS) is 1. The minimum atomic E-state index is -0.520. The summed E-state index contributed by atoms with van der Waals surface area (Å²) >= 11 is 1.37. The molecule has 0 unspecified atom stereocenters. The first-order chi connectivity index (χ1) is 12.1. The van der Waals surface area contributed by atoms with E-state index in [9.17, 15) is 4.79 Å². The van der Waals surface area contributed by atoms with Crippen molar-refractivity contribution in [3.63, 3.8) is 0 Å². The number of aromatic nitrogens is 3. The average molecular weight is 360 g/mol. The molecule has 0 aliphatic carbocycles. The largest absolute Gasteiger partial charge is 0.497 e. The van der Waals surface area contributed by atoms with Gasteiger partial charge in [-0.05, 0) is 17.7 Å². The van der Waals surface area contributed by atoms with Crippen LogP contribution in [0.2, 0.25) is 0 Å². The van der Waals surface area contributed by atoms with Crippen LogP contribution in [0.4, 0.5) is 0 Å². The Hall–Kier alpha value is -3.20. The number of carbonyl (C=O) groups is 2. The minimum absolute atomic E-state index is 0.250. The smallest absolute Gasteiger partial charge is 0.290 e. The lowest BCUT2D eigenvalue weighted by Crippen LogP contribution is -2.10. The molecule has 0 radical (unpaired) electrons. The van der Waals surface area contributed by atoms with Crippen LogP contribution in [-0.2, 0) is 11.3 Å². The summed E-state index contributed by atoms with van der Waals surface area (Å²) in [5.41, 5.74) is 7.48. The van der Waals surface area contributed by atoms with Crippen LogP contribution in [0, 0.1) is 0 Å². The molecule has 0 saturated heterocycles. The second-order valence-electron chi connectivity index (χ2n) is 4.78. The van der Waals surface area contributed by atoms with E-state index in [1.807, 2.05) is 35.1 Å². The minimum Gasteiger partial charge on any atom is -0.497 e. The number of methoxy groups -OCH3 is 1. The highest BCUT2D eigenvalue weighted by Crippen LogP contribution is 2.23. The van der Waals surface area contributed by atoms with Crippen LogP contribution in [0.25, 0.3) is 10.6 Å². The van der Waals surface area contributed by atoms with Crippen molar-refractivity contribution in [3.05, 3.63) is 53.3 Å². The highest BCUT2D eigenvalue weighted by atomic mass is 32.1. The van der Waals surface area contributed by atoms with Crippen molar-refractivity contribution in [2.45, 2.75) is 6.54 Å². The molecule has 1 amide bonds. The Kier molecular flexibility index (Phi) is 6.24. The van der Waals surface area contributed by atoms with E-state index in [-0.39, 0.29) is 12.2 Å². The van der Waals surface area contributed by atoms with Crippen LogP contribution in [0.1, 0.15) is 16.1 Å². The predicted octanol–water partition coefficient (Wildman–Crippen LogP) is 1.86. The first-order valence-electron chi connectivity index (χ1n) is 7.06. The molecule has 130 valence electrons. The van der Waals surface area contributed by atoms with Gasteiger partial charge in [0.25, 0.3) is 12.4 Å². The molecule has 3 N–H and O–H groups in total. The van der Waals surface area contributed by atoms with Crippen molar-refractivity contribution in [2.75, 3.05) is 7.11 Å². The van der Waals surface area contributed by atoms with Gasteiger partial charge >= 0.3 is 0 Å². The number of amides is 1. The van der Waals surface area contributed by atoms with E-state index < -0.39 is 5.91 Å². The Morgan fingerprint density at radius 1 is 1.40 bits per heavy atom. The average Bonchev–Trinajstić information content (AvgIpc) is 3.25. The SMILES string of the molecule is COc1ccc(Cn2cc(-c3nc(C(N)=O)cs3)cn2)cc1.O=CO. The molecule has 3 aromatic rings. The summed E-state index contributed by atoms with van der Waals surface area (Å²) in [6, 6.07) is 7.82. The maximum absolute atomic E-state index is 11.1. The number of hydrogen-bond donors (Lipinski definition) is 2. The Labute approximate surface area is 147 Å². The number of ether oxygens (including phenoxy) is 1. The Morgan fingerprint density at radius 3 is 2.64 bits per heavy atom. The molecule has 0 spiro atoms. The van der Waals surface area contributed by atoms with Crippen LogP contribution in [0.3, 0.4) is 0 Å². The van der Waals surface area contributed by atoms with Gasteiger partial charge in [0.1, 0.15) is 16.5 Å². The molecule has 0 aliphatic heterocycles. The van der Waals surface area contributed by atoms with Gasteiger partial charge in [-0.25, -0.2) is 4.98 Å². The van der Waals surface area contributed by atoms with Crippen LogP contribution < -0.4 is 10.5 Å². The first kappa shape index (κ1) is 18.1. The molecule has 9 heteroatoms. The second-order valence-corrected chi connectivity index (χ2v) is 5.64. The van der Waals surface area contributed by atoms with E-state index in [4.69, 9.17) is 20.4 Å². The molecule has 2 aromatic heterocycles. The van der Waals surface area contributed by atoms with Crippen molar-refractivity contribution >= 4 is 23.7 Å². The number of benzene rings is 1. The molecule has 0 atom stereocenters. The third-order valence-electron chi connectivity index (χ3n) is 3.14. The van der Waals surface area contributed by atoms with Gasteiger partial charge < -0.3 is 15.6 Å². The molecule has 25 heavy (non-hydrogen) atoms. The zero-order valence-corrected chi connectivity index (χ0v) is 14.1. The summed E-state index contributed by atoms with van der Waals surface area (Å²) < 4.78 is 6.96. The van der Waals surface area contributed by atoms with Gasteiger partial charge in [-0.15, -0.1) is 11.3 Å². The van der Waals surface area contributed by atoms with E-state index in [1.165, 1.54) is 11.3 Å². The summed E-state index contributed by atoms with van der Waals surface area (Å²) in [7, 11) is 1.64. The number of primary amides is 1. The predicted molar refractivity (Wildman–Crippen MR) is 92.6 cm³/mol. The molecule has 3 rings (SSSR count). The van der Waals surface area contributed by atoms with Crippen LogP contribution in [-0.4, -0.2) is 39.4 Å². The molecule has 2 heterocycles. The molecule has 0 saturated carbocycles. The van der Waals surface area contributed by atoms with Crippen molar-refractivity contribution in [1.82, 2.24) is 14.8 Å². The van der Waals surface area contributed by atoms with Gasteiger partial charge in [0.2, 0.25) is 0 Å². The fourth-order valence-corrected chi connectivity index (χ4v) is 2.78. The van der Waals surface area contributed by atoms with Crippen LogP contribution in [0.15, 0.2) is 42.0 Å². The zero-order valence-electron chi connectivity index (χ0n) is 13.3. The molecule has 0 aliphatic rings. The van der Waals surface area contributed by atoms with E-state index in [0.717, 1.165) is 21.9 Å². The second kappa shape index (κ2) is 8.60. The Balaban J connectivity index is 0.000000701. The van der Waals surface area contributed by atoms with Crippen molar-refractivity contribution in [3.8, 4) is 16.3 Å². The third-order valence-corrected chi connectivity index (χ3v) is 4.03. The normalized spacial score (nSPS) is 9.80. The van der Waals surface area contributed by atoms with Crippen molar-refractivity contribution in [1.29, 1.82) is 0 Å². The zero-order chi connectivity index (χ0) is 18.2. The Bertz CT molecular complexity index is 842. The Morgan fingerprint density at radius 2 is 2.08 bits per heavy atom. The molecule has 0 bridgehead atoms. The number of nitrogens with zero attached hydrogens (tertiary/aromatic N) is 3. The van der Waals surface area contributed by atoms with Crippen molar-refractivity contribution in [2.24, 2.45) is 5.73 Å². The fraction of sp³-hybridized carbons (Fsp3) is 0.125. The van der Waals surface area contributed by atoms with E-state index in [0.29, 0.717) is 6.54 Å². The molecule has 1 aromatic carbocycles. The van der Waals surface area contributed by atoms with E-state index in [2.05, 4.69) is 10.1 Å². The fourth-order valence-electron chi connectivity index (χ4n) is 2.00. The summed E-state index contributed by atoms with van der Waals surface area (Å²) in [6.45, 7) is 0.401. The summed E-state index contributed by atoms with van der Waals surface area (Å²) in [5.74, 6) is 0.305. The number of thiazole rings is 1. The lowest BCUT2D eigenvalue weighted by atomic mass is 10.2. The standard InChI is InChI=1S/C15H14N4O2S.CH2O2/c1-21-12-4-2-10(3-5-12)7-19-8-11(6-17-19)15-18-13(9-22-15)14(16)20;2-1-3/h2-6,8-9H,7H2,1H3,(H2,16,20);1H,(H,2,3). The molecule has 0 fully saturated rings. The molecular formula is C16H16N4O4S. The molecular weight excluding hydrogens is 344 g/mol. The number of rotatable bonds is 5. The third kappa shape index (κ3) is 4.88. The summed E-state index contributed by atoms with van der Waals surface area (Å²) in [5, 5.41) is 13.6. The lowest BCUT2D eigenvalue weighted by molar-refractivity contribution is -0.122. The monoisotopic (exact) mass is 360 g/mol. The number of carbonyl (C=O) groups excluding carboxylic acids is 1. The topological polar surface area (TPSA) is 120 Å². The van der Waals surface area contributed by atoms with Gasteiger partial charge in [-0.1, -0.05) is 12.1 Å². The summed E-state index contributed by atoms with van der Waals surface area (Å²) in [6.07, 6.45) is 3.63. The summed E-state index contributed by atoms with van der Waals surface area (Å²) in [4.78, 5) is 23.6. The van der Waals surface area contributed by atoms with Gasteiger partial charge in [0.15, 0.2) is 0 Å². The maximum atomic E-state index is 11.1. The molecule has 8 nitrogen and oxygen atoms in total. The van der Waals surface area contributed by atoms with Gasteiger partial charge in [-0.3, -0.25) is 14.3 Å². The van der Waals surface area contributed by atoms with Gasteiger partial charge in [0.05, 0.1) is 19.9 Å². The quantitative estimate of drug-likeness (QED) is 0.670. The first-order valence-corrected chi connectivity index (χ1v) is 7.94. The highest BCUT2D eigenvalue weighted by Gasteiger charge is 2.10. The number of hydrogen-bond acceptors (Lipinski definition) is 6. The maximum Gasteiger partial charge on any atom is 0.290 e. The lowest BCUT2D eigenvalue weighted by Gasteiger charge is -2.03. The van der Waals surface area contributed by atoms with Gasteiger partial charge in [0, 0.05) is 17.1 Å².